The van der Waals surface area contributed by atoms with Crippen LogP contribution in [0, 0.1) is 5.82 Å². The summed E-state index contributed by atoms with van der Waals surface area (Å²) in [5, 5.41) is 12.1. The molecule has 2 aromatic carbocycles. The second-order valence-electron chi connectivity index (χ2n) is 11.7. The number of aryl methyl sites for hydroxylation is 1. The zero-order valence-corrected chi connectivity index (χ0v) is 26.7. The van der Waals surface area contributed by atoms with Gasteiger partial charge < -0.3 is 20.1 Å². The summed E-state index contributed by atoms with van der Waals surface area (Å²) in [5.41, 5.74) is 9.11. The Morgan fingerprint density at radius 1 is 1.02 bits per heavy atom. The number of aromatic nitrogens is 5. The van der Waals surface area contributed by atoms with Crippen LogP contribution in [0.2, 0.25) is 0 Å². The van der Waals surface area contributed by atoms with Crippen molar-refractivity contribution < 1.29 is 4.39 Å². The van der Waals surface area contributed by atoms with Crippen molar-refractivity contribution in [2.45, 2.75) is 19.8 Å². The summed E-state index contributed by atoms with van der Waals surface area (Å²) >= 11 is 0. The van der Waals surface area contributed by atoms with Crippen LogP contribution in [0.25, 0.3) is 50.3 Å². The Labute approximate surface area is 264 Å². The van der Waals surface area contributed by atoms with Crippen molar-refractivity contribution >= 4 is 27.5 Å². The number of nitrogens with one attached hydrogen (secondary N) is 3. The van der Waals surface area contributed by atoms with Gasteiger partial charge in [0.05, 0.1) is 16.7 Å². The highest BCUT2D eigenvalue weighted by Gasteiger charge is 2.17. The van der Waals surface area contributed by atoms with Gasteiger partial charge in [0, 0.05) is 35.1 Å². The fraction of sp³-hybridized carbons (Fsp3) is 0.250. The summed E-state index contributed by atoms with van der Waals surface area (Å²) in [6.07, 6.45) is 9.36. The topological polar surface area (TPSA) is 88.8 Å². The summed E-state index contributed by atoms with van der Waals surface area (Å²) in [6, 6.07) is 13.2. The van der Waals surface area contributed by atoms with E-state index >= 15 is 0 Å². The van der Waals surface area contributed by atoms with Gasteiger partial charge in [-0.15, -0.1) is 0 Å². The first kappa shape index (κ1) is 31.6. The molecule has 9 heteroatoms. The fourth-order valence-electron chi connectivity index (χ4n) is 5.44. The predicted octanol–water partition coefficient (Wildman–Crippen LogP) is 6.94. The van der Waals surface area contributed by atoms with Gasteiger partial charge in [-0.3, -0.25) is 10.1 Å². The van der Waals surface area contributed by atoms with Gasteiger partial charge in [-0.1, -0.05) is 25.3 Å². The Balaban J connectivity index is 1.49. The number of imidazole rings is 1. The lowest BCUT2D eigenvalue weighted by Crippen LogP contribution is -2.23. The van der Waals surface area contributed by atoms with E-state index in [1.54, 1.807) is 18.3 Å². The van der Waals surface area contributed by atoms with Crippen LogP contribution >= 0.6 is 0 Å². The van der Waals surface area contributed by atoms with Gasteiger partial charge in [0.2, 0.25) is 0 Å². The number of halogens is 1. The maximum atomic E-state index is 14.7. The first-order valence-corrected chi connectivity index (χ1v) is 15.0. The third kappa shape index (κ3) is 7.45. The third-order valence-corrected chi connectivity index (χ3v) is 7.49. The number of benzene rings is 2. The highest BCUT2D eigenvalue weighted by molar-refractivity contribution is 5.97. The fourth-order valence-corrected chi connectivity index (χ4v) is 5.44. The summed E-state index contributed by atoms with van der Waals surface area (Å²) in [7, 11) is 8.09. The number of nitrogens with zero attached hydrogens (tertiary/aromatic N) is 5. The number of hydrogen-bond donors (Lipinski definition) is 3. The average molecular weight is 605 g/mol. The molecular formula is C36H41FN8. The zero-order valence-electron chi connectivity index (χ0n) is 26.7. The van der Waals surface area contributed by atoms with Crippen molar-refractivity contribution in [3.05, 3.63) is 108 Å². The summed E-state index contributed by atoms with van der Waals surface area (Å²) in [6.45, 7) is 11.8. The molecule has 5 rings (SSSR count). The van der Waals surface area contributed by atoms with Crippen molar-refractivity contribution in [3.8, 4) is 22.8 Å². The minimum Gasteiger partial charge on any atom is -0.358 e. The van der Waals surface area contributed by atoms with Crippen LogP contribution in [-0.4, -0.2) is 76.2 Å². The Morgan fingerprint density at radius 2 is 1.84 bits per heavy atom. The van der Waals surface area contributed by atoms with Gasteiger partial charge in [-0.25, -0.2) is 9.37 Å². The Bertz CT molecular complexity index is 1910. The number of rotatable bonds is 13. The van der Waals surface area contributed by atoms with E-state index in [4.69, 9.17) is 4.98 Å². The summed E-state index contributed by atoms with van der Waals surface area (Å²) in [5.74, 6) is 0.328. The second kappa shape index (κ2) is 13.8. The van der Waals surface area contributed by atoms with E-state index in [-0.39, 0.29) is 5.82 Å². The molecule has 5 aromatic rings. The molecule has 0 saturated heterocycles. The lowest BCUT2D eigenvalue weighted by Gasteiger charge is -2.15. The Hall–Kier alpha value is -4.86. The molecule has 0 unspecified atom stereocenters. The molecule has 0 saturated carbocycles. The molecule has 3 heterocycles. The van der Waals surface area contributed by atoms with Crippen LogP contribution in [0.5, 0.6) is 0 Å². The molecule has 232 valence electrons. The first-order chi connectivity index (χ1) is 21.6. The van der Waals surface area contributed by atoms with Gasteiger partial charge in [0.25, 0.3) is 0 Å². The molecule has 3 aromatic heterocycles. The molecule has 3 N–H and O–H groups in total. The van der Waals surface area contributed by atoms with Gasteiger partial charge in [0.15, 0.2) is 5.82 Å². The molecule has 8 nitrogen and oxygen atoms in total. The minimum absolute atomic E-state index is 0.279. The van der Waals surface area contributed by atoms with Crippen LogP contribution in [0.4, 0.5) is 4.39 Å². The molecule has 0 fully saturated rings. The van der Waals surface area contributed by atoms with Crippen molar-refractivity contribution in [3.63, 3.8) is 0 Å². The predicted molar refractivity (Wildman–Crippen MR) is 184 cm³/mol. The van der Waals surface area contributed by atoms with Crippen molar-refractivity contribution in [1.29, 1.82) is 0 Å². The van der Waals surface area contributed by atoms with E-state index < -0.39 is 0 Å². The molecule has 0 aliphatic carbocycles. The smallest absolute Gasteiger partial charge is 0.159 e. The standard InChI is InChI=1S/C36H41FN8/c1-8-25(20-29(9-2)39-23(3)22-45(6)7)26-12-13-31-30(21-26)34(43-42-31)36-40-32-14-15-38-33(35(32)41-36)27-17-24(18-28(37)19-27)11-10-16-44(4)5/h8-9,12-15,17-21,39H,2-3,10-11,16,22H2,1,4-7H3,(H,40,41)(H,42,43)/b25-8+,29-20+. The van der Waals surface area contributed by atoms with Gasteiger partial charge in [0.1, 0.15) is 17.0 Å². The molecule has 0 aliphatic rings. The number of aromatic amines is 2. The Kier molecular flexibility index (Phi) is 9.71. The van der Waals surface area contributed by atoms with E-state index in [1.165, 1.54) is 6.07 Å². The van der Waals surface area contributed by atoms with E-state index in [2.05, 4.69) is 72.7 Å². The molecule has 0 aliphatic heterocycles. The average Bonchev–Trinajstić information content (AvgIpc) is 3.62. The number of hydrogen-bond acceptors (Lipinski definition) is 6. The lowest BCUT2D eigenvalue weighted by atomic mass is 10.0. The molecule has 0 atom stereocenters. The normalized spacial score (nSPS) is 12.5. The SMILES string of the molecule is C=C/C(=C\C(=C/C)c1ccc2[nH]nc(-c3nc4c(-c5cc(F)cc(CCCN(C)C)c5)nccc4[nH]3)c2c1)NC(=C)CN(C)C. The maximum absolute atomic E-state index is 14.7. The van der Waals surface area contributed by atoms with Gasteiger partial charge in [-0.05, 0) is 120 Å². The van der Waals surface area contributed by atoms with Gasteiger partial charge in [-0.2, -0.15) is 5.10 Å². The number of pyridine rings is 1. The minimum atomic E-state index is -0.279. The summed E-state index contributed by atoms with van der Waals surface area (Å²) in [4.78, 5) is 17.2. The van der Waals surface area contributed by atoms with E-state index in [0.29, 0.717) is 34.8 Å². The number of allylic oxidation sites excluding steroid dienone is 4. The maximum Gasteiger partial charge on any atom is 0.159 e. The highest BCUT2D eigenvalue weighted by atomic mass is 19.1. The molecule has 0 bridgehead atoms. The van der Waals surface area contributed by atoms with Crippen LogP contribution in [-0.2, 0) is 6.42 Å². The lowest BCUT2D eigenvalue weighted by molar-refractivity contribution is 0.400. The largest absolute Gasteiger partial charge is 0.358 e. The monoisotopic (exact) mass is 604 g/mol. The van der Waals surface area contributed by atoms with Crippen molar-refractivity contribution in [2.75, 3.05) is 41.3 Å². The van der Waals surface area contributed by atoms with Crippen LogP contribution < -0.4 is 5.32 Å². The summed E-state index contributed by atoms with van der Waals surface area (Å²) < 4.78 is 14.7. The second-order valence-corrected chi connectivity index (χ2v) is 11.7. The quantitative estimate of drug-likeness (QED) is 0.126. The van der Waals surface area contributed by atoms with Gasteiger partial charge >= 0.3 is 0 Å². The molecule has 45 heavy (non-hydrogen) atoms. The van der Waals surface area contributed by atoms with Crippen LogP contribution in [0.1, 0.15) is 24.5 Å². The van der Waals surface area contributed by atoms with E-state index in [0.717, 1.165) is 63.9 Å². The number of likely N-dealkylation sites (N-methyl/N-ethyl adjacent to an activating group) is 1. The third-order valence-electron chi connectivity index (χ3n) is 7.49. The van der Waals surface area contributed by atoms with E-state index in [9.17, 15) is 4.39 Å². The molecule has 0 spiro atoms. The number of H-pyrrole nitrogens is 2. The zero-order chi connectivity index (χ0) is 32.1. The molecule has 0 radical (unpaired) electrons. The van der Waals surface area contributed by atoms with Crippen LogP contribution in [0.3, 0.4) is 0 Å². The van der Waals surface area contributed by atoms with Crippen molar-refractivity contribution in [1.82, 2.24) is 40.3 Å². The van der Waals surface area contributed by atoms with E-state index in [1.807, 2.05) is 53.3 Å². The highest BCUT2D eigenvalue weighted by Crippen LogP contribution is 2.32. The van der Waals surface area contributed by atoms with Crippen LogP contribution in [0.15, 0.2) is 91.4 Å². The molecule has 0 amide bonds. The first-order valence-electron chi connectivity index (χ1n) is 15.0. The van der Waals surface area contributed by atoms with Crippen molar-refractivity contribution in [2.24, 2.45) is 0 Å². The molecular weight excluding hydrogens is 563 g/mol. The number of fused-ring (bicyclic) bond motifs is 2. The Morgan fingerprint density at radius 3 is 2.58 bits per heavy atom.